The maximum Gasteiger partial charge on any atom is 0.227 e. The maximum absolute atomic E-state index is 14.6. The van der Waals surface area contributed by atoms with Crippen molar-refractivity contribution in [2.24, 2.45) is 22.7 Å². The van der Waals surface area contributed by atoms with E-state index in [0.717, 1.165) is 55.3 Å². The molecule has 1 aromatic carbocycles. The van der Waals surface area contributed by atoms with E-state index in [2.05, 4.69) is 15.2 Å². The first-order chi connectivity index (χ1) is 16.8. The van der Waals surface area contributed by atoms with Gasteiger partial charge in [-0.2, -0.15) is 0 Å². The van der Waals surface area contributed by atoms with Gasteiger partial charge in [-0.1, -0.05) is 17.7 Å². The smallest absolute Gasteiger partial charge is 0.227 e. The largest absolute Gasteiger partial charge is 0.493 e. The van der Waals surface area contributed by atoms with E-state index in [1.165, 1.54) is 25.3 Å². The third-order valence-electron chi connectivity index (χ3n) is 8.26. The van der Waals surface area contributed by atoms with Gasteiger partial charge in [-0.25, -0.2) is 9.38 Å². The van der Waals surface area contributed by atoms with Crippen LogP contribution in [0.4, 0.5) is 4.39 Å². The molecule has 3 aliphatic heterocycles. The van der Waals surface area contributed by atoms with Gasteiger partial charge >= 0.3 is 0 Å². The van der Waals surface area contributed by atoms with Crippen molar-refractivity contribution in [2.45, 2.75) is 57.9 Å². The fraction of sp³-hybridized carbons (Fsp3) is 0.630. The first-order valence-corrected chi connectivity index (χ1v) is 13.3. The maximum atomic E-state index is 14.6. The third-order valence-corrected chi connectivity index (χ3v) is 8.49. The Balaban J connectivity index is 1.02. The average Bonchev–Trinajstić information content (AvgIpc) is 3.60. The zero-order valence-corrected chi connectivity index (χ0v) is 21.5. The minimum atomic E-state index is -0.361. The van der Waals surface area contributed by atoms with Crippen LogP contribution in [0.25, 0.3) is 0 Å². The highest BCUT2D eigenvalue weighted by atomic mass is 35.5. The Kier molecular flexibility index (Phi) is 6.97. The molecular formula is C27H36ClFN4O2. The molecule has 0 bridgehead atoms. The molecule has 190 valence electrons. The van der Waals surface area contributed by atoms with E-state index in [1.807, 2.05) is 24.9 Å². The van der Waals surface area contributed by atoms with Gasteiger partial charge < -0.3 is 19.9 Å². The Morgan fingerprint density at radius 1 is 1.29 bits per heavy atom. The highest BCUT2D eigenvalue weighted by Gasteiger charge is 2.43. The number of hydrogen-bond acceptors (Lipinski definition) is 5. The van der Waals surface area contributed by atoms with Crippen LogP contribution in [-0.4, -0.2) is 60.0 Å². The SMILES string of the molecule is CC1(C)CCN1C(=O)Cc1ccc(OCC[C@@H]2C[C@@H]2C2CCN(C3=NCC(Cl)=CN3)CC2)cc1F. The summed E-state index contributed by atoms with van der Waals surface area (Å²) in [4.78, 5) is 21.2. The topological polar surface area (TPSA) is 57.2 Å². The van der Waals surface area contributed by atoms with Gasteiger partial charge in [-0.3, -0.25) is 4.79 Å². The van der Waals surface area contributed by atoms with Crippen molar-refractivity contribution < 1.29 is 13.9 Å². The summed E-state index contributed by atoms with van der Waals surface area (Å²) >= 11 is 5.98. The Labute approximate surface area is 212 Å². The van der Waals surface area contributed by atoms with Crippen molar-refractivity contribution in [3.8, 4) is 5.75 Å². The molecule has 2 saturated heterocycles. The van der Waals surface area contributed by atoms with Crippen molar-refractivity contribution in [2.75, 3.05) is 32.8 Å². The van der Waals surface area contributed by atoms with Gasteiger partial charge in [-0.05, 0) is 75.3 Å². The summed E-state index contributed by atoms with van der Waals surface area (Å²) in [5.74, 6) is 3.38. The van der Waals surface area contributed by atoms with E-state index < -0.39 is 0 Å². The Hall–Kier alpha value is -2.28. The molecule has 0 unspecified atom stereocenters. The van der Waals surface area contributed by atoms with E-state index in [4.69, 9.17) is 16.3 Å². The standard InChI is InChI=1S/C27H36ClFN4O2/c1-27(2)8-11-33(27)25(34)14-20-3-4-22(15-24(20)29)35-12-7-19-13-23(19)18-5-9-32(10-6-18)26-30-16-21(28)17-31-26/h3-4,15-16,18-19,23H,5-14,17H2,1-2H3,(H,30,31)/t19-,23-/m1/s1. The molecule has 0 aromatic heterocycles. The first-order valence-electron chi connectivity index (χ1n) is 12.9. The number of carbonyl (C=O) groups is 1. The van der Waals surface area contributed by atoms with Crippen LogP contribution in [0.2, 0.25) is 0 Å². The number of nitrogens with zero attached hydrogens (tertiary/aromatic N) is 3. The predicted molar refractivity (Wildman–Crippen MR) is 136 cm³/mol. The quantitative estimate of drug-likeness (QED) is 0.595. The zero-order chi connectivity index (χ0) is 24.6. The molecule has 4 aliphatic rings. The van der Waals surface area contributed by atoms with Crippen molar-refractivity contribution >= 4 is 23.5 Å². The van der Waals surface area contributed by atoms with Gasteiger partial charge in [0.05, 0.1) is 24.6 Å². The summed E-state index contributed by atoms with van der Waals surface area (Å²) < 4.78 is 20.5. The first kappa shape index (κ1) is 24.4. The second kappa shape index (κ2) is 10.00. The van der Waals surface area contributed by atoms with Crippen molar-refractivity contribution in [1.29, 1.82) is 0 Å². The number of amides is 1. The second-order valence-electron chi connectivity index (χ2n) is 11.0. The average molecular weight is 503 g/mol. The fourth-order valence-electron chi connectivity index (χ4n) is 5.78. The fourth-order valence-corrected chi connectivity index (χ4v) is 5.89. The highest BCUT2D eigenvalue weighted by molar-refractivity contribution is 6.30. The summed E-state index contributed by atoms with van der Waals surface area (Å²) in [6, 6.07) is 4.91. The predicted octanol–water partition coefficient (Wildman–Crippen LogP) is 4.54. The van der Waals surface area contributed by atoms with Crippen LogP contribution in [0.1, 0.15) is 51.5 Å². The van der Waals surface area contributed by atoms with E-state index in [1.54, 1.807) is 12.1 Å². The summed E-state index contributed by atoms with van der Waals surface area (Å²) in [6.07, 6.45) is 7.60. The summed E-state index contributed by atoms with van der Waals surface area (Å²) in [5, 5.41) is 3.94. The molecule has 5 rings (SSSR count). The number of ether oxygens (including phenoxy) is 1. The van der Waals surface area contributed by atoms with Crippen molar-refractivity contribution in [3.63, 3.8) is 0 Å². The molecule has 1 aliphatic carbocycles. The normalized spacial score (nSPS) is 25.8. The lowest BCUT2D eigenvalue weighted by Gasteiger charge is -2.48. The molecule has 1 amide bonds. The second-order valence-corrected chi connectivity index (χ2v) is 11.5. The molecule has 0 radical (unpaired) electrons. The van der Waals surface area contributed by atoms with Crippen LogP contribution in [0.15, 0.2) is 34.4 Å². The Morgan fingerprint density at radius 2 is 2.09 bits per heavy atom. The van der Waals surface area contributed by atoms with Gasteiger partial charge in [0.15, 0.2) is 5.96 Å². The number of likely N-dealkylation sites (tertiary alicyclic amines) is 2. The third kappa shape index (κ3) is 5.60. The van der Waals surface area contributed by atoms with Gasteiger partial charge in [0, 0.05) is 37.4 Å². The molecule has 0 spiro atoms. The highest BCUT2D eigenvalue weighted by Crippen LogP contribution is 2.49. The van der Waals surface area contributed by atoms with Gasteiger partial charge in [0.25, 0.3) is 0 Å². The zero-order valence-electron chi connectivity index (χ0n) is 20.7. The van der Waals surface area contributed by atoms with E-state index >= 15 is 0 Å². The Bertz CT molecular complexity index is 1020. The molecule has 1 N–H and O–H groups in total. The number of nitrogens with one attached hydrogen (secondary N) is 1. The number of rotatable bonds is 7. The van der Waals surface area contributed by atoms with Crippen molar-refractivity contribution in [3.05, 3.63) is 40.8 Å². The molecule has 35 heavy (non-hydrogen) atoms. The summed E-state index contributed by atoms with van der Waals surface area (Å²) in [7, 11) is 0. The number of carbonyl (C=O) groups excluding carboxylic acids is 1. The number of hydrogen-bond donors (Lipinski definition) is 1. The number of piperidine rings is 1. The number of guanidine groups is 1. The molecule has 8 heteroatoms. The summed E-state index contributed by atoms with van der Waals surface area (Å²) in [6.45, 7) is 8.09. The molecular weight excluding hydrogens is 467 g/mol. The van der Waals surface area contributed by atoms with Crippen LogP contribution in [0, 0.1) is 23.6 Å². The molecule has 6 nitrogen and oxygen atoms in total. The molecule has 2 atom stereocenters. The van der Waals surface area contributed by atoms with Gasteiger partial charge in [0.2, 0.25) is 5.91 Å². The van der Waals surface area contributed by atoms with E-state index in [0.29, 0.717) is 30.4 Å². The van der Waals surface area contributed by atoms with E-state index in [-0.39, 0.29) is 23.7 Å². The van der Waals surface area contributed by atoms with Gasteiger partial charge in [-0.15, -0.1) is 0 Å². The van der Waals surface area contributed by atoms with Crippen LogP contribution in [-0.2, 0) is 11.2 Å². The molecule has 3 fully saturated rings. The Morgan fingerprint density at radius 3 is 2.71 bits per heavy atom. The molecule has 1 saturated carbocycles. The number of halogens is 2. The van der Waals surface area contributed by atoms with Crippen LogP contribution >= 0.6 is 11.6 Å². The summed E-state index contributed by atoms with van der Waals surface area (Å²) in [5.41, 5.74) is 0.328. The lowest BCUT2D eigenvalue weighted by Crippen LogP contribution is -2.58. The van der Waals surface area contributed by atoms with Crippen LogP contribution in [0.3, 0.4) is 0 Å². The van der Waals surface area contributed by atoms with Gasteiger partial charge in [0.1, 0.15) is 11.6 Å². The molecule has 1 aromatic rings. The van der Waals surface area contributed by atoms with Crippen molar-refractivity contribution in [1.82, 2.24) is 15.1 Å². The monoisotopic (exact) mass is 502 g/mol. The minimum Gasteiger partial charge on any atom is -0.493 e. The lowest BCUT2D eigenvalue weighted by molar-refractivity contribution is -0.143. The van der Waals surface area contributed by atoms with Crippen LogP contribution < -0.4 is 10.1 Å². The molecule has 3 heterocycles. The number of aliphatic imine (C=N–C) groups is 1. The van der Waals surface area contributed by atoms with Crippen LogP contribution in [0.5, 0.6) is 5.75 Å². The van der Waals surface area contributed by atoms with E-state index in [9.17, 15) is 9.18 Å². The lowest BCUT2D eigenvalue weighted by atomic mass is 9.88. The minimum absolute atomic E-state index is 0.0105. The number of benzene rings is 1.